The van der Waals surface area contributed by atoms with Gasteiger partial charge in [-0.15, -0.1) is 0 Å². The number of alkyl halides is 3. The largest absolute Gasteiger partial charge is 0.453 e. The summed E-state index contributed by atoms with van der Waals surface area (Å²) < 4.78 is 60.4. The lowest BCUT2D eigenvalue weighted by atomic mass is 10.1. The van der Waals surface area contributed by atoms with E-state index in [1.807, 2.05) is 34.6 Å². The number of benzene rings is 3. The minimum atomic E-state index is -5.06. The number of carbonyl (C=O) groups excluding carboxylic acids is 1. The molecule has 0 saturated heterocycles. The van der Waals surface area contributed by atoms with Crippen molar-refractivity contribution in [2.24, 2.45) is 11.8 Å². The molecule has 1 N–H and O–H groups in total. The molecule has 0 aliphatic heterocycles. The molecule has 10 heteroatoms. The van der Waals surface area contributed by atoms with Crippen molar-refractivity contribution in [3.05, 3.63) is 97.9 Å². The van der Waals surface area contributed by atoms with E-state index in [2.05, 4.69) is 0 Å². The van der Waals surface area contributed by atoms with E-state index in [0.717, 1.165) is 16.0 Å². The van der Waals surface area contributed by atoms with Crippen molar-refractivity contribution in [1.82, 2.24) is 0 Å². The Hall–Kier alpha value is -3.82. The Morgan fingerprint density at radius 3 is 2.14 bits per heavy atom. The summed E-state index contributed by atoms with van der Waals surface area (Å²) in [6.07, 6.45) is -5.06. The van der Waals surface area contributed by atoms with Crippen LogP contribution in [-0.4, -0.2) is 19.1 Å². The van der Waals surface area contributed by atoms with Crippen molar-refractivity contribution in [2.75, 3.05) is 13.1 Å². The van der Waals surface area contributed by atoms with Gasteiger partial charge < -0.3 is 18.8 Å². The lowest BCUT2D eigenvalue weighted by Crippen LogP contribution is -3.11. The Balaban J connectivity index is 1.93. The molecule has 0 fully saturated rings. The van der Waals surface area contributed by atoms with Crippen LogP contribution in [0, 0.1) is 25.7 Å². The number of carbonyl (C=O) groups is 1. The minimum absolute atomic E-state index is 0.00145. The second kappa shape index (κ2) is 13.4. The second-order valence-corrected chi connectivity index (χ2v) is 12.3. The van der Waals surface area contributed by atoms with Crippen LogP contribution in [0.5, 0.6) is 17.2 Å². The van der Waals surface area contributed by atoms with E-state index in [9.17, 15) is 22.8 Å². The molecule has 1 aromatic heterocycles. The van der Waals surface area contributed by atoms with Crippen molar-refractivity contribution >= 4 is 28.5 Å². The van der Waals surface area contributed by atoms with Gasteiger partial charge in [-0.2, -0.15) is 13.2 Å². The average Bonchev–Trinajstić information content (AvgIpc) is 2.92. The summed E-state index contributed by atoms with van der Waals surface area (Å²) in [5.74, 6) is -2.66. The first-order valence-electron chi connectivity index (χ1n) is 14.4. The van der Waals surface area contributed by atoms with Gasteiger partial charge in [-0.25, -0.2) is 4.79 Å². The Morgan fingerprint density at radius 1 is 0.932 bits per heavy atom. The van der Waals surface area contributed by atoms with Gasteiger partial charge in [-0.1, -0.05) is 45.4 Å². The smallest absolute Gasteiger partial charge is 0.449 e. The number of esters is 1. The van der Waals surface area contributed by atoms with Crippen LogP contribution in [0.2, 0.25) is 5.02 Å². The van der Waals surface area contributed by atoms with Gasteiger partial charge in [0, 0.05) is 16.9 Å². The van der Waals surface area contributed by atoms with Gasteiger partial charge in [-0.05, 0) is 73.5 Å². The number of aryl methyl sites for hydroxylation is 2. The molecule has 0 aliphatic rings. The summed E-state index contributed by atoms with van der Waals surface area (Å²) in [5, 5.41) is 0.307. The fraction of sp³-hybridized carbons (Fsp3) is 0.353. The summed E-state index contributed by atoms with van der Waals surface area (Å²) in [6.45, 7) is 13.3. The van der Waals surface area contributed by atoms with Crippen LogP contribution in [0.3, 0.4) is 0 Å². The fourth-order valence-electron chi connectivity index (χ4n) is 5.09. The number of fused-ring (bicyclic) bond motifs is 1. The van der Waals surface area contributed by atoms with E-state index in [4.69, 9.17) is 25.5 Å². The number of hydrogen-bond acceptors (Lipinski definition) is 5. The third-order valence-electron chi connectivity index (χ3n) is 7.14. The molecule has 1 heterocycles. The molecule has 234 valence electrons. The first kappa shape index (κ1) is 33.1. The molecule has 4 rings (SSSR count). The first-order valence-corrected chi connectivity index (χ1v) is 14.8. The van der Waals surface area contributed by atoms with E-state index in [1.54, 1.807) is 19.1 Å². The molecule has 0 spiro atoms. The zero-order valence-corrected chi connectivity index (χ0v) is 26.3. The van der Waals surface area contributed by atoms with Crippen molar-refractivity contribution < 1.29 is 36.8 Å². The van der Waals surface area contributed by atoms with E-state index >= 15 is 0 Å². The second-order valence-electron chi connectivity index (χ2n) is 11.9. The molecule has 0 saturated carbocycles. The van der Waals surface area contributed by atoms with Crippen molar-refractivity contribution in [3.8, 4) is 17.2 Å². The van der Waals surface area contributed by atoms with Gasteiger partial charge in [0.25, 0.3) is 5.76 Å². The predicted octanol–water partition coefficient (Wildman–Crippen LogP) is 7.79. The number of ether oxygens (including phenoxy) is 2. The molecule has 0 atom stereocenters. The Morgan fingerprint density at radius 2 is 1.57 bits per heavy atom. The molecule has 6 nitrogen and oxygen atoms in total. The molecule has 0 amide bonds. The van der Waals surface area contributed by atoms with Crippen molar-refractivity contribution in [3.63, 3.8) is 0 Å². The van der Waals surface area contributed by atoms with Crippen LogP contribution in [0.1, 0.15) is 60.5 Å². The van der Waals surface area contributed by atoms with Crippen LogP contribution in [0.4, 0.5) is 13.2 Å². The van der Waals surface area contributed by atoms with Crippen LogP contribution >= 0.6 is 11.6 Å². The maximum Gasteiger partial charge on any atom is 0.453 e. The molecule has 44 heavy (non-hydrogen) atoms. The monoisotopic (exact) mass is 630 g/mol. The van der Waals surface area contributed by atoms with Crippen LogP contribution in [0.15, 0.2) is 63.8 Å². The standard InChI is InChI=1S/C34H35ClF3NO5/c1-19(2)16-39(17-20(3)4)18-27-28(43-33(41)23-8-10-24(35)11-9-23)14-13-26-29(40)31(32(34(36,37)38)44-30(26)27)42-25-12-7-21(5)22(6)15-25/h7-15,19-20H,16-18H2,1-6H3/p+1. The first-order chi connectivity index (χ1) is 20.6. The number of hydrogen-bond donors (Lipinski definition) is 1. The van der Waals surface area contributed by atoms with E-state index in [0.29, 0.717) is 18.1 Å². The normalized spacial score (nSPS) is 12.0. The Kier molecular flexibility index (Phi) is 10.1. The maximum absolute atomic E-state index is 14.5. The van der Waals surface area contributed by atoms with Gasteiger partial charge in [-0.3, -0.25) is 4.79 Å². The van der Waals surface area contributed by atoms with Gasteiger partial charge in [0.15, 0.2) is 5.58 Å². The zero-order valence-electron chi connectivity index (χ0n) is 25.5. The van der Waals surface area contributed by atoms with Gasteiger partial charge in [0.1, 0.15) is 18.0 Å². The Bertz CT molecular complexity index is 1700. The van der Waals surface area contributed by atoms with Gasteiger partial charge in [0.05, 0.1) is 29.6 Å². The lowest BCUT2D eigenvalue weighted by molar-refractivity contribution is -0.919. The van der Waals surface area contributed by atoms with E-state index in [-0.39, 0.29) is 52.0 Å². The summed E-state index contributed by atoms with van der Waals surface area (Å²) in [4.78, 5) is 27.8. The molecular formula is C34H36ClF3NO5+. The predicted molar refractivity (Wildman–Crippen MR) is 164 cm³/mol. The highest BCUT2D eigenvalue weighted by Gasteiger charge is 2.41. The van der Waals surface area contributed by atoms with Gasteiger partial charge in [0.2, 0.25) is 11.2 Å². The summed E-state index contributed by atoms with van der Waals surface area (Å²) in [5.41, 5.74) is 0.794. The maximum atomic E-state index is 14.5. The number of quaternary nitrogens is 1. The van der Waals surface area contributed by atoms with Crippen molar-refractivity contribution in [1.29, 1.82) is 0 Å². The SMILES string of the molecule is Cc1ccc(Oc2c(C(F)(F)F)oc3c(C[NH+](CC(C)C)CC(C)C)c(OC(=O)c4ccc(Cl)cc4)ccc3c2=O)cc1C. The summed E-state index contributed by atoms with van der Waals surface area (Å²) in [6, 6.07) is 13.5. The average molecular weight is 631 g/mol. The molecule has 0 aliphatic carbocycles. The fourth-order valence-corrected chi connectivity index (χ4v) is 5.22. The molecule has 0 radical (unpaired) electrons. The van der Waals surface area contributed by atoms with E-state index < -0.39 is 29.1 Å². The quantitative estimate of drug-likeness (QED) is 0.143. The highest BCUT2D eigenvalue weighted by atomic mass is 35.5. The van der Waals surface area contributed by atoms with Crippen LogP contribution < -0.4 is 19.8 Å². The third-order valence-corrected chi connectivity index (χ3v) is 7.39. The third kappa shape index (κ3) is 7.81. The van der Waals surface area contributed by atoms with Crippen LogP contribution in [0.25, 0.3) is 11.0 Å². The number of rotatable bonds is 10. The van der Waals surface area contributed by atoms with Crippen molar-refractivity contribution in [2.45, 2.75) is 54.3 Å². The highest BCUT2D eigenvalue weighted by molar-refractivity contribution is 6.30. The Labute approximate surface area is 259 Å². The highest BCUT2D eigenvalue weighted by Crippen LogP contribution is 2.40. The number of halogens is 4. The minimum Gasteiger partial charge on any atom is -0.449 e. The lowest BCUT2D eigenvalue weighted by Gasteiger charge is -2.24. The molecule has 4 aromatic rings. The zero-order chi connectivity index (χ0) is 32.3. The topological polar surface area (TPSA) is 70.2 Å². The van der Waals surface area contributed by atoms with E-state index in [1.165, 1.54) is 42.5 Å². The van der Waals surface area contributed by atoms with Gasteiger partial charge >= 0.3 is 12.1 Å². The molecular weight excluding hydrogens is 595 g/mol. The van der Waals surface area contributed by atoms with Crippen LogP contribution in [-0.2, 0) is 12.7 Å². The summed E-state index contributed by atoms with van der Waals surface area (Å²) >= 11 is 5.95. The number of nitrogens with one attached hydrogen (secondary N) is 1. The molecule has 3 aromatic carbocycles. The molecule has 0 bridgehead atoms. The summed E-state index contributed by atoms with van der Waals surface area (Å²) in [7, 11) is 0. The molecule has 0 unspecified atom stereocenters.